The second kappa shape index (κ2) is 4.69. The first-order chi connectivity index (χ1) is 9.08. The third-order valence-electron chi connectivity index (χ3n) is 3.78. The third kappa shape index (κ3) is 2.09. The van der Waals surface area contributed by atoms with Crippen molar-refractivity contribution >= 4 is 27.4 Å². The van der Waals surface area contributed by atoms with E-state index in [0.717, 1.165) is 6.42 Å². The van der Waals surface area contributed by atoms with Gasteiger partial charge in [-0.1, -0.05) is 0 Å². The molecule has 1 saturated carbocycles. The number of hydrogen-bond acceptors (Lipinski definition) is 6. The molecule has 7 nitrogen and oxygen atoms in total. The molecule has 0 radical (unpaired) electrons. The molecule has 19 heavy (non-hydrogen) atoms. The van der Waals surface area contributed by atoms with Crippen molar-refractivity contribution in [2.75, 3.05) is 11.9 Å². The lowest BCUT2D eigenvalue weighted by molar-refractivity contribution is -0.384. The van der Waals surface area contributed by atoms with Gasteiger partial charge in [-0.3, -0.25) is 10.1 Å². The lowest BCUT2D eigenvalue weighted by Gasteiger charge is -2.45. The molecular weight excluding hydrogens is 316 g/mol. The highest BCUT2D eigenvalue weighted by Gasteiger charge is 2.52. The van der Waals surface area contributed by atoms with Gasteiger partial charge in [0.1, 0.15) is 0 Å². The van der Waals surface area contributed by atoms with E-state index in [1.807, 2.05) is 0 Å². The van der Waals surface area contributed by atoms with Crippen LogP contribution >= 0.6 is 15.9 Å². The minimum Gasteiger partial charge on any atom is -0.376 e. The summed E-state index contributed by atoms with van der Waals surface area (Å²) in [5.41, 5.74) is 6.00. The van der Waals surface area contributed by atoms with E-state index in [4.69, 9.17) is 10.5 Å². The summed E-state index contributed by atoms with van der Waals surface area (Å²) in [6.45, 7) is 0.705. The van der Waals surface area contributed by atoms with Crippen molar-refractivity contribution in [1.82, 2.24) is 4.98 Å². The van der Waals surface area contributed by atoms with Crippen LogP contribution in [0.15, 0.2) is 16.7 Å². The van der Waals surface area contributed by atoms with E-state index in [1.54, 1.807) is 0 Å². The molecule has 1 aliphatic heterocycles. The Hall–Kier alpha value is -1.25. The number of fused-ring (bicyclic) bond motifs is 1. The largest absolute Gasteiger partial charge is 0.376 e. The van der Waals surface area contributed by atoms with Crippen molar-refractivity contribution in [1.29, 1.82) is 0 Å². The molecule has 4 unspecified atom stereocenters. The molecule has 1 aliphatic carbocycles. The average Bonchev–Trinajstić information content (AvgIpc) is 2.81. The quantitative estimate of drug-likeness (QED) is 0.639. The highest BCUT2D eigenvalue weighted by atomic mass is 79.9. The maximum atomic E-state index is 11.0. The van der Waals surface area contributed by atoms with E-state index in [-0.39, 0.29) is 29.7 Å². The molecule has 4 atom stereocenters. The van der Waals surface area contributed by atoms with Crippen LogP contribution in [0, 0.1) is 16.0 Å². The van der Waals surface area contributed by atoms with Crippen LogP contribution in [0.5, 0.6) is 0 Å². The molecule has 2 aliphatic rings. The number of nitrogens with one attached hydrogen (secondary N) is 1. The van der Waals surface area contributed by atoms with Crippen LogP contribution in [-0.2, 0) is 4.74 Å². The fraction of sp³-hybridized carbons (Fsp3) is 0.545. The molecule has 1 saturated heterocycles. The van der Waals surface area contributed by atoms with Crippen LogP contribution in [0.4, 0.5) is 11.5 Å². The van der Waals surface area contributed by atoms with E-state index in [1.165, 1.54) is 12.3 Å². The van der Waals surface area contributed by atoms with Crippen molar-refractivity contribution < 1.29 is 9.66 Å². The molecule has 1 aromatic rings. The fourth-order valence-electron chi connectivity index (χ4n) is 2.76. The molecule has 0 amide bonds. The molecule has 102 valence electrons. The molecule has 8 heteroatoms. The van der Waals surface area contributed by atoms with Crippen LogP contribution in [0.1, 0.15) is 6.42 Å². The Morgan fingerprint density at radius 2 is 2.42 bits per heavy atom. The van der Waals surface area contributed by atoms with E-state index in [2.05, 4.69) is 26.2 Å². The normalized spacial score (nSPS) is 32.5. The first kappa shape index (κ1) is 12.8. The van der Waals surface area contributed by atoms with Gasteiger partial charge in [0.2, 0.25) is 5.82 Å². The van der Waals surface area contributed by atoms with E-state index in [9.17, 15) is 10.1 Å². The van der Waals surface area contributed by atoms with Gasteiger partial charge in [-0.15, -0.1) is 0 Å². The number of halogens is 1. The maximum Gasteiger partial charge on any atom is 0.312 e. The zero-order chi connectivity index (χ0) is 13.6. The van der Waals surface area contributed by atoms with Gasteiger partial charge in [-0.2, -0.15) is 0 Å². The Kier molecular flexibility index (Phi) is 3.15. The summed E-state index contributed by atoms with van der Waals surface area (Å²) < 4.78 is 6.15. The van der Waals surface area contributed by atoms with Gasteiger partial charge in [0.25, 0.3) is 0 Å². The lowest BCUT2D eigenvalue weighted by atomic mass is 9.72. The zero-order valence-corrected chi connectivity index (χ0v) is 11.5. The van der Waals surface area contributed by atoms with Crippen molar-refractivity contribution in [3.8, 4) is 0 Å². The summed E-state index contributed by atoms with van der Waals surface area (Å²) in [4.78, 5) is 14.6. The van der Waals surface area contributed by atoms with Crippen LogP contribution in [0.2, 0.25) is 0 Å². The van der Waals surface area contributed by atoms with Crippen LogP contribution in [0.25, 0.3) is 0 Å². The Bertz CT molecular complexity index is 527. The van der Waals surface area contributed by atoms with Gasteiger partial charge in [-0.25, -0.2) is 4.98 Å². The summed E-state index contributed by atoms with van der Waals surface area (Å²) in [6.07, 6.45) is 2.52. The predicted molar refractivity (Wildman–Crippen MR) is 71.8 cm³/mol. The summed E-state index contributed by atoms with van der Waals surface area (Å²) >= 11 is 3.17. The van der Waals surface area contributed by atoms with Gasteiger partial charge < -0.3 is 15.8 Å². The SMILES string of the molecule is NC1C2CCOC2C1Nc1ncc(Br)cc1[N+](=O)[O-]. The van der Waals surface area contributed by atoms with Gasteiger partial charge in [0.15, 0.2) is 0 Å². The standard InChI is InChI=1S/C11H13BrN4O3/c12-5-3-7(16(17)18)11(14-4-5)15-9-8(13)6-1-2-19-10(6)9/h3-4,6,8-10H,1-2,13H2,(H,14,15). The van der Waals surface area contributed by atoms with E-state index < -0.39 is 4.92 Å². The summed E-state index contributed by atoms with van der Waals surface area (Å²) in [5.74, 6) is 0.592. The highest BCUT2D eigenvalue weighted by molar-refractivity contribution is 9.10. The number of anilines is 1. The lowest BCUT2D eigenvalue weighted by Crippen LogP contribution is -2.65. The maximum absolute atomic E-state index is 11.0. The summed E-state index contributed by atoms with van der Waals surface area (Å²) in [7, 11) is 0. The Labute approximate surface area is 117 Å². The fourth-order valence-corrected chi connectivity index (χ4v) is 3.08. The van der Waals surface area contributed by atoms with Crippen molar-refractivity contribution in [2.45, 2.75) is 24.6 Å². The number of nitro groups is 1. The van der Waals surface area contributed by atoms with E-state index >= 15 is 0 Å². The predicted octanol–water partition coefficient (Wildman–Crippen LogP) is 1.28. The van der Waals surface area contributed by atoms with Crippen LogP contribution in [0.3, 0.4) is 0 Å². The summed E-state index contributed by atoms with van der Waals surface area (Å²) in [5, 5.41) is 14.1. The minimum atomic E-state index is -0.461. The number of aromatic nitrogens is 1. The number of pyridine rings is 1. The van der Waals surface area contributed by atoms with Gasteiger partial charge in [0.05, 0.1) is 17.1 Å². The Morgan fingerprint density at radius 1 is 1.63 bits per heavy atom. The molecule has 0 aromatic carbocycles. The Morgan fingerprint density at radius 3 is 3.16 bits per heavy atom. The van der Waals surface area contributed by atoms with Gasteiger partial charge in [-0.05, 0) is 22.4 Å². The van der Waals surface area contributed by atoms with Crippen molar-refractivity contribution in [3.05, 3.63) is 26.9 Å². The molecule has 2 heterocycles. The minimum absolute atomic E-state index is 0.0417. The number of hydrogen-bond donors (Lipinski definition) is 2. The monoisotopic (exact) mass is 328 g/mol. The second-order valence-electron chi connectivity index (χ2n) is 4.81. The topological polar surface area (TPSA) is 103 Å². The smallest absolute Gasteiger partial charge is 0.312 e. The average molecular weight is 329 g/mol. The number of nitrogens with two attached hydrogens (primary N) is 1. The first-order valence-corrected chi connectivity index (χ1v) is 6.81. The number of nitrogens with zero attached hydrogens (tertiary/aromatic N) is 2. The first-order valence-electron chi connectivity index (χ1n) is 6.01. The molecule has 3 rings (SSSR count). The van der Waals surface area contributed by atoms with Crippen molar-refractivity contribution in [2.24, 2.45) is 11.7 Å². The van der Waals surface area contributed by atoms with Gasteiger partial charge in [0, 0.05) is 35.3 Å². The van der Waals surface area contributed by atoms with Crippen LogP contribution < -0.4 is 11.1 Å². The molecule has 0 bridgehead atoms. The molecule has 1 aromatic heterocycles. The molecular formula is C11H13BrN4O3. The summed E-state index contributed by atoms with van der Waals surface area (Å²) in [6, 6.07) is 1.27. The number of rotatable bonds is 3. The molecule has 3 N–H and O–H groups in total. The van der Waals surface area contributed by atoms with E-state index in [0.29, 0.717) is 17.0 Å². The Balaban J connectivity index is 1.82. The highest BCUT2D eigenvalue weighted by Crippen LogP contribution is 2.40. The molecule has 2 fully saturated rings. The zero-order valence-electron chi connectivity index (χ0n) is 9.95. The second-order valence-corrected chi connectivity index (χ2v) is 5.73. The van der Waals surface area contributed by atoms with Crippen LogP contribution in [-0.4, -0.2) is 34.7 Å². The third-order valence-corrected chi connectivity index (χ3v) is 4.21. The molecule has 0 spiro atoms. The van der Waals surface area contributed by atoms with Crippen molar-refractivity contribution in [3.63, 3.8) is 0 Å². The van der Waals surface area contributed by atoms with Gasteiger partial charge >= 0.3 is 5.69 Å². The number of ether oxygens (including phenoxy) is 1.